The Bertz CT molecular complexity index is 491. The third kappa shape index (κ3) is 2.51. The summed E-state index contributed by atoms with van der Waals surface area (Å²) in [6, 6.07) is 11.7. The van der Waals surface area contributed by atoms with Crippen LogP contribution in [-0.4, -0.2) is 12.8 Å². The van der Waals surface area contributed by atoms with E-state index in [-0.39, 0.29) is 6.61 Å². The van der Waals surface area contributed by atoms with Crippen LogP contribution in [0.2, 0.25) is 0 Å². The maximum absolute atomic E-state index is 12.6. The van der Waals surface area contributed by atoms with Gasteiger partial charge in [-0.25, -0.2) is 4.39 Å². The number of halogens is 1. The normalized spacial score (nSPS) is 12.7. The van der Waals surface area contributed by atoms with Gasteiger partial charge in [0.2, 0.25) is 0 Å². The molecule has 2 heteroatoms. The molecule has 0 aromatic heterocycles. The van der Waals surface area contributed by atoms with E-state index in [1.165, 1.54) is 6.92 Å². The van der Waals surface area contributed by atoms with Gasteiger partial charge in [0, 0.05) is 0 Å². The van der Waals surface area contributed by atoms with Crippen molar-refractivity contribution in [1.29, 1.82) is 0 Å². The average Bonchev–Trinajstić information content (AvgIpc) is 2.26. The standard InChI is InChI=1S/C14H14FO/c1-10-3-4-13-8-14(16-9-11(2)15)6-5-12(13)7-10/h3-8,11H,1,9H2,2H3. The van der Waals surface area contributed by atoms with Crippen molar-refractivity contribution in [3.05, 3.63) is 48.9 Å². The van der Waals surface area contributed by atoms with Crippen LogP contribution in [-0.2, 0) is 0 Å². The first-order valence-electron chi connectivity index (χ1n) is 5.28. The smallest absolute Gasteiger partial charge is 0.131 e. The summed E-state index contributed by atoms with van der Waals surface area (Å²) in [5.74, 6) is 0.703. The lowest BCUT2D eigenvalue weighted by Crippen LogP contribution is -2.08. The summed E-state index contributed by atoms with van der Waals surface area (Å²) in [5, 5.41) is 2.20. The molecule has 0 aliphatic rings. The maximum atomic E-state index is 12.6. The van der Waals surface area contributed by atoms with E-state index in [9.17, 15) is 4.39 Å². The van der Waals surface area contributed by atoms with Crippen molar-refractivity contribution >= 4 is 10.8 Å². The summed E-state index contributed by atoms with van der Waals surface area (Å²) in [5.41, 5.74) is 0.985. The van der Waals surface area contributed by atoms with E-state index in [1.54, 1.807) is 0 Å². The summed E-state index contributed by atoms with van der Waals surface area (Å²) in [6.07, 6.45) is -0.946. The Labute approximate surface area is 94.9 Å². The van der Waals surface area contributed by atoms with Crippen LogP contribution in [0.15, 0.2) is 36.4 Å². The molecule has 1 radical (unpaired) electrons. The fourth-order valence-corrected chi connectivity index (χ4v) is 1.57. The first kappa shape index (κ1) is 10.9. The zero-order valence-corrected chi connectivity index (χ0v) is 9.24. The molecule has 2 aromatic rings. The molecule has 0 fully saturated rings. The van der Waals surface area contributed by atoms with E-state index < -0.39 is 6.17 Å². The zero-order valence-electron chi connectivity index (χ0n) is 9.24. The highest BCUT2D eigenvalue weighted by Gasteiger charge is 2.01. The predicted molar refractivity (Wildman–Crippen MR) is 64.5 cm³/mol. The number of rotatable bonds is 3. The number of hydrogen-bond acceptors (Lipinski definition) is 1. The third-order valence-corrected chi connectivity index (χ3v) is 2.36. The summed E-state index contributed by atoms with van der Waals surface area (Å²) in [4.78, 5) is 0. The van der Waals surface area contributed by atoms with E-state index in [0.29, 0.717) is 5.75 Å². The molecule has 2 aromatic carbocycles. The number of fused-ring (bicyclic) bond motifs is 1. The SMILES string of the molecule is [CH2]c1ccc2cc(OCC(C)F)ccc2c1. The Morgan fingerprint density at radius 1 is 1.19 bits per heavy atom. The van der Waals surface area contributed by atoms with Gasteiger partial charge in [0.05, 0.1) is 0 Å². The second-order valence-corrected chi connectivity index (χ2v) is 3.94. The Morgan fingerprint density at radius 3 is 2.62 bits per heavy atom. The van der Waals surface area contributed by atoms with Gasteiger partial charge in [0.15, 0.2) is 0 Å². The van der Waals surface area contributed by atoms with Crippen LogP contribution in [0.5, 0.6) is 5.75 Å². The maximum Gasteiger partial charge on any atom is 0.131 e. The van der Waals surface area contributed by atoms with Gasteiger partial charge in [0.1, 0.15) is 18.5 Å². The fraction of sp³-hybridized carbons (Fsp3) is 0.214. The molecule has 16 heavy (non-hydrogen) atoms. The molecule has 0 amide bonds. The minimum absolute atomic E-state index is 0.0962. The van der Waals surface area contributed by atoms with Crippen molar-refractivity contribution in [2.24, 2.45) is 0 Å². The van der Waals surface area contributed by atoms with Crippen LogP contribution >= 0.6 is 0 Å². The first-order valence-corrected chi connectivity index (χ1v) is 5.28. The lowest BCUT2D eigenvalue weighted by molar-refractivity contribution is 0.210. The van der Waals surface area contributed by atoms with Gasteiger partial charge in [-0.3, -0.25) is 0 Å². The van der Waals surface area contributed by atoms with Crippen molar-refractivity contribution in [2.75, 3.05) is 6.61 Å². The fourth-order valence-electron chi connectivity index (χ4n) is 1.57. The van der Waals surface area contributed by atoms with E-state index in [4.69, 9.17) is 4.74 Å². The highest BCUT2D eigenvalue weighted by Crippen LogP contribution is 2.22. The van der Waals surface area contributed by atoms with E-state index >= 15 is 0 Å². The average molecular weight is 217 g/mol. The molecule has 0 N–H and O–H groups in total. The van der Waals surface area contributed by atoms with Crippen molar-refractivity contribution in [1.82, 2.24) is 0 Å². The lowest BCUT2D eigenvalue weighted by atomic mass is 10.1. The molecule has 83 valence electrons. The molecule has 1 unspecified atom stereocenters. The second-order valence-electron chi connectivity index (χ2n) is 3.94. The van der Waals surface area contributed by atoms with Crippen LogP contribution in [0.4, 0.5) is 4.39 Å². The summed E-state index contributed by atoms with van der Waals surface area (Å²) in [6.45, 7) is 5.45. The van der Waals surface area contributed by atoms with Crippen molar-refractivity contribution < 1.29 is 9.13 Å². The van der Waals surface area contributed by atoms with Gasteiger partial charge in [-0.05, 0) is 42.3 Å². The minimum atomic E-state index is -0.946. The second kappa shape index (κ2) is 4.52. The highest BCUT2D eigenvalue weighted by atomic mass is 19.1. The molecule has 2 rings (SSSR count). The van der Waals surface area contributed by atoms with Gasteiger partial charge in [0.25, 0.3) is 0 Å². The third-order valence-electron chi connectivity index (χ3n) is 2.36. The van der Waals surface area contributed by atoms with Gasteiger partial charge in [-0.15, -0.1) is 0 Å². The van der Waals surface area contributed by atoms with Crippen LogP contribution in [0.3, 0.4) is 0 Å². The van der Waals surface area contributed by atoms with Crippen LogP contribution in [0.25, 0.3) is 10.8 Å². The largest absolute Gasteiger partial charge is 0.491 e. The van der Waals surface area contributed by atoms with Crippen molar-refractivity contribution in [2.45, 2.75) is 13.1 Å². The molecule has 0 aliphatic carbocycles. The van der Waals surface area contributed by atoms with Gasteiger partial charge in [-0.1, -0.05) is 24.3 Å². The Kier molecular flexibility index (Phi) is 3.09. The van der Waals surface area contributed by atoms with Crippen molar-refractivity contribution in [3.8, 4) is 5.75 Å². The van der Waals surface area contributed by atoms with Gasteiger partial charge in [-0.2, -0.15) is 0 Å². The highest BCUT2D eigenvalue weighted by molar-refractivity contribution is 5.84. The van der Waals surface area contributed by atoms with Gasteiger partial charge < -0.3 is 4.74 Å². The van der Waals surface area contributed by atoms with E-state index in [0.717, 1.165) is 16.3 Å². The van der Waals surface area contributed by atoms with Gasteiger partial charge >= 0.3 is 0 Å². The van der Waals surface area contributed by atoms with E-state index in [2.05, 4.69) is 6.92 Å². The van der Waals surface area contributed by atoms with E-state index in [1.807, 2.05) is 36.4 Å². The summed E-state index contributed by atoms with van der Waals surface area (Å²) < 4.78 is 17.9. The number of ether oxygens (including phenoxy) is 1. The number of benzene rings is 2. The molecule has 0 bridgehead atoms. The molecule has 0 spiro atoms. The quantitative estimate of drug-likeness (QED) is 0.760. The topological polar surface area (TPSA) is 9.23 Å². The monoisotopic (exact) mass is 217 g/mol. The molecular formula is C14H14FO. The first-order chi connectivity index (χ1) is 7.65. The van der Waals surface area contributed by atoms with Crippen molar-refractivity contribution in [3.63, 3.8) is 0 Å². The predicted octanol–water partition coefficient (Wildman–Crippen LogP) is 3.76. The lowest BCUT2D eigenvalue weighted by Gasteiger charge is -2.08. The molecule has 0 saturated carbocycles. The molecule has 1 nitrogen and oxygen atoms in total. The zero-order chi connectivity index (χ0) is 11.5. The van der Waals surface area contributed by atoms with Crippen LogP contribution in [0, 0.1) is 6.92 Å². The van der Waals surface area contributed by atoms with Crippen LogP contribution in [0.1, 0.15) is 12.5 Å². The number of alkyl halides is 1. The summed E-state index contributed by atoms with van der Waals surface area (Å²) in [7, 11) is 0. The summed E-state index contributed by atoms with van der Waals surface area (Å²) >= 11 is 0. The molecule has 0 aliphatic heterocycles. The minimum Gasteiger partial charge on any atom is -0.491 e. The Morgan fingerprint density at radius 2 is 1.88 bits per heavy atom. The number of hydrogen-bond donors (Lipinski definition) is 0. The Balaban J connectivity index is 2.26. The molecule has 0 heterocycles. The molecule has 1 atom stereocenters. The Hall–Kier alpha value is -1.57. The molecule has 0 saturated heterocycles. The molecular weight excluding hydrogens is 203 g/mol. The van der Waals surface area contributed by atoms with Crippen LogP contribution < -0.4 is 4.74 Å².